The summed E-state index contributed by atoms with van der Waals surface area (Å²) in [7, 11) is -2.30. The molecule has 0 aliphatic rings. The van der Waals surface area contributed by atoms with Crippen molar-refractivity contribution in [1.82, 2.24) is 0 Å². The largest absolute Gasteiger partial charge is 0.407 e. The van der Waals surface area contributed by atoms with Gasteiger partial charge in [0.1, 0.15) is 0 Å². The van der Waals surface area contributed by atoms with Crippen LogP contribution in [0.4, 0.5) is 0 Å². The number of benzene rings is 2. The normalized spacial score (nSPS) is 12.4. The van der Waals surface area contributed by atoms with Gasteiger partial charge in [0.2, 0.25) is 0 Å². The van der Waals surface area contributed by atoms with Crippen molar-refractivity contribution in [1.29, 1.82) is 0 Å². The van der Waals surface area contributed by atoms with Crippen LogP contribution in [0.25, 0.3) is 0 Å². The molecule has 0 amide bonds. The summed E-state index contributed by atoms with van der Waals surface area (Å²) in [4.78, 5) is 0. The molecule has 2 rings (SSSR count). The van der Waals surface area contributed by atoms with Crippen molar-refractivity contribution in [2.24, 2.45) is 0 Å². The Labute approximate surface area is 130 Å². The van der Waals surface area contributed by atoms with Crippen LogP contribution < -0.4 is 10.4 Å². The topological polar surface area (TPSA) is 9.23 Å². The maximum Gasteiger partial charge on any atom is 0.261 e. The van der Waals surface area contributed by atoms with Crippen LogP contribution in [-0.4, -0.2) is 14.9 Å². The summed E-state index contributed by atoms with van der Waals surface area (Å²) < 4.78 is 6.60. The molecule has 2 heteroatoms. The van der Waals surface area contributed by atoms with Gasteiger partial charge in [-0.2, -0.15) is 0 Å². The lowest BCUT2D eigenvalue weighted by atomic mass is 10.2. The lowest BCUT2D eigenvalue weighted by Gasteiger charge is -2.43. The van der Waals surface area contributed by atoms with E-state index in [0.29, 0.717) is 6.61 Å². The Morgan fingerprint density at radius 1 is 0.857 bits per heavy atom. The van der Waals surface area contributed by atoms with Crippen LogP contribution in [0.3, 0.4) is 0 Å². The Hall–Kier alpha value is -1.38. The first kappa shape index (κ1) is 16.0. The first-order chi connectivity index (χ1) is 10.0. The Morgan fingerprint density at radius 3 is 1.62 bits per heavy atom. The maximum atomic E-state index is 6.60. The molecule has 1 radical (unpaired) electrons. The first-order valence-corrected chi connectivity index (χ1v) is 9.46. The van der Waals surface area contributed by atoms with Crippen LogP contribution in [0.1, 0.15) is 27.7 Å². The average molecular weight is 297 g/mol. The zero-order valence-electron chi connectivity index (χ0n) is 13.5. The van der Waals surface area contributed by atoms with Gasteiger partial charge in [-0.25, -0.2) is 0 Å². The molecular weight excluding hydrogens is 272 g/mol. The van der Waals surface area contributed by atoms with Crippen molar-refractivity contribution < 1.29 is 4.43 Å². The van der Waals surface area contributed by atoms with Crippen LogP contribution in [0.2, 0.25) is 5.04 Å². The molecule has 1 nitrogen and oxygen atoms in total. The minimum absolute atomic E-state index is 0.0682. The second-order valence-corrected chi connectivity index (χ2v) is 10.7. The molecular formula is C19H25OSi. The fraction of sp³-hybridized carbons (Fsp3) is 0.316. The van der Waals surface area contributed by atoms with E-state index < -0.39 is 8.32 Å². The molecule has 0 heterocycles. The number of hydrogen-bond acceptors (Lipinski definition) is 1. The van der Waals surface area contributed by atoms with Gasteiger partial charge in [-0.1, -0.05) is 88.4 Å². The molecule has 0 N–H and O–H groups in total. The highest BCUT2D eigenvalue weighted by atomic mass is 28.4. The second-order valence-electron chi connectivity index (χ2n) is 6.38. The maximum absolute atomic E-state index is 6.60. The second kappa shape index (κ2) is 6.59. The van der Waals surface area contributed by atoms with Gasteiger partial charge in [0.25, 0.3) is 8.32 Å². The fourth-order valence-electron chi connectivity index (χ4n) is 2.97. The van der Waals surface area contributed by atoms with E-state index in [-0.39, 0.29) is 5.04 Å². The van der Waals surface area contributed by atoms with Crippen molar-refractivity contribution >= 4 is 18.7 Å². The molecule has 0 bridgehead atoms. The average Bonchev–Trinajstić information content (AvgIpc) is 2.49. The van der Waals surface area contributed by atoms with E-state index in [4.69, 9.17) is 4.43 Å². The molecule has 0 unspecified atom stereocenters. The van der Waals surface area contributed by atoms with Crippen LogP contribution in [-0.2, 0) is 4.43 Å². The minimum Gasteiger partial charge on any atom is -0.407 e. The van der Waals surface area contributed by atoms with Crippen molar-refractivity contribution in [2.45, 2.75) is 32.7 Å². The zero-order valence-corrected chi connectivity index (χ0v) is 14.5. The highest BCUT2D eigenvalue weighted by Gasteiger charge is 2.49. The fourth-order valence-corrected chi connectivity index (χ4v) is 7.54. The van der Waals surface area contributed by atoms with Crippen molar-refractivity contribution in [3.8, 4) is 0 Å². The number of rotatable bonds is 5. The van der Waals surface area contributed by atoms with E-state index in [0.717, 1.165) is 0 Å². The Kier molecular flexibility index (Phi) is 5.02. The molecule has 0 spiro atoms. The predicted molar refractivity (Wildman–Crippen MR) is 93.5 cm³/mol. The smallest absolute Gasteiger partial charge is 0.261 e. The molecule has 2 aromatic carbocycles. The minimum atomic E-state index is -2.30. The molecule has 0 aromatic heterocycles. The highest BCUT2D eigenvalue weighted by Crippen LogP contribution is 2.36. The predicted octanol–water partition coefficient (Wildman–Crippen LogP) is 3.79. The summed E-state index contributed by atoms with van der Waals surface area (Å²) in [6.45, 7) is 9.64. The summed E-state index contributed by atoms with van der Waals surface area (Å²) in [5, 5.41) is 2.75. The Morgan fingerprint density at radius 2 is 1.29 bits per heavy atom. The van der Waals surface area contributed by atoms with Crippen LogP contribution in [0.15, 0.2) is 60.7 Å². The summed E-state index contributed by atoms with van der Waals surface area (Å²) in [6, 6.07) is 21.5. The van der Waals surface area contributed by atoms with E-state index in [1.165, 1.54) is 10.4 Å². The highest BCUT2D eigenvalue weighted by molar-refractivity contribution is 6.99. The molecule has 0 aliphatic carbocycles. The molecule has 0 atom stereocenters. The van der Waals surface area contributed by atoms with Gasteiger partial charge in [0.15, 0.2) is 0 Å². The summed E-state index contributed by atoms with van der Waals surface area (Å²) in [5.41, 5.74) is 0. The van der Waals surface area contributed by atoms with E-state index in [1.54, 1.807) is 0 Å². The summed E-state index contributed by atoms with van der Waals surface area (Å²) in [5.74, 6) is 0. The third kappa shape index (κ3) is 3.12. The van der Waals surface area contributed by atoms with Gasteiger partial charge in [-0.05, 0) is 21.8 Å². The quantitative estimate of drug-likeness (QED) is 0.763. The van der Waals surface area contributed by atoms with Crippen molar-refractivity contribution in [3.05, 3.63) is 67.1 Å². The van der Waals surface area contributed by atoms with Gasteiger partial charge in [0, 0.05) is 6.61 Å². The summed E-state index contributed by atoms with van der Waals surface area (Å²) in [6.07, 6.45) is 2.10. The van der Waals surface area contributed by atoms with Gasteiger partial charge in [-0.15, -0.1) is 0 Å². The Balaban J connectivity index is 2.66. The SMILES string of the molecule is C[CH]CO[Si](c1ccccc1)(c1ccccc1)C(C)(C)C. The van der Waals surface area contributed by atoms with Crippen LogP contribution in [0.5, 0.6) is 0 Å². The molecule has 0 saturated carbocycles. The van der Waals surface area contributed by atoms with E-state index >= 15 is 0 Å². The van der Waals surface area contributed by atoms with Gasteiger partial charge in [0.05, 0.1) is 0 Å². The zero-order chi connectivity index (χ0) is 15.3. The standard InChI is InChI=1S/C19H25OSi/c1-5-16-20-21(19(2,3)4,17-12-8-6-9-13-17)18-14-10-7-11-15-18/h5-15H,16H2,1-4H3. The van der Waals surface area contributed by atoms with E-state index in [9.17, 15) is 0 Å². The molecule has 111 valence electrons. The van der Waals surface area contributed by atoms with E-state index in [1.807, 2.05) is 0 Å². The third-order valence-corrected chi connectivity index (χ3v) is 8.89. The van der Waals surface area contributed by atoms with Gasteiger partial charge < -0.3 is 4.43 Å². The van der Waals surface area contributed by atoms with Gasteiger partial charge >= 0.3 is 0 Å². The molecule has 0 saturated heterocycles. The third-order valence-electron chi connectivity index (χ3n) is 3.88. The molecule has 0 aliphatic heterocycles. The van der Waals surface area contributed by atoms with E-state index in [2.05, 4.69) is 94.8 Å². The van der Waals surface area contributed by atoms with Gasteiger partial charge in [-0.3, -0.25) is 0 Å². The van der Waals surface area contributed by atoms with Crippen LogP contribution in [0, 0.1) is 6.42 Å². The number of hydrogen-bond donors (Lipinski definition) is 0. The molecule has 21 heavy (non-hydrogen) atoms. The first-order valence-electron chi connectivity index (χ1n) is 7.55. The van der Waals surface area contributed by atoms with Crippen LogP contribution >= 0.6 is 0 Å². The Bertz CT molecular complexity index is 503. The lowest BCUT2D eigenvalue weighted by molar-refractivity contribution is 0.327. The molecule has 2 aromatic rings. The van der Waals surface area contributed by atoms with Crippen molar-refractivity contribution in [2.75, 3.05) is 6.61 Å². The monoisotopic (exact) mass is 297 g/mol. The van der Waals surface area contributed by atoms with Crippen molar-refractivity contribution in [3.63, 3.8) is 0 Å². The molecule has 0 fully saturated rings. The lowest BCUT2D eigenvalue weighted by Crippen LogP contribution is -2.66. The summed E-state index contributed by atoms with van der Waals surface area (Å²) >= 11 is 0.